The lowest BCUT2D eigenvalue weighted by atomic mass is 9.59. The van der Waals surface area contributed by atoms with Crippen molar-refractivity contribution in [3.05, 3.63) is 48.6 Å². The van der Waals surface area contributed by atoms with Crippen LogP contribution in [0, 0.1) is 0 Å². The maximum atomic E-state index is 3.81. The Morgan fingerprint density at radius 2 is 1.95 bits per heavy atom. The maximum Gasteiger partial charge on any atom is 0.0164 e. The second-order valence-corrected chi connectivity index (χ2v) is 6.41. The van der Waals surface area contributed by atoms with E-state index in [0.717, 1.165) is 13.0 Å². The molecule has 0 bridgehead atoms. The molecular formula is C20H31N. The van der Waals surface area contributed by atoms with Crippen molar-refractivity contribution < 1.29 is 0 Å². The Bertz CT molecular complexity index is 405. The summed E-state index contributed by atoms with van der Waals surface area (Å²) in [4.78, 5) is 0. The largest absolute Gasteiger partial charge is 0.313 e. The third-order valence-corrected chi connectivity index (χ3v) is 5.11. The fourth-order valence-corrected chi connectivity index (χ4v) is 3.80. The molecular weight excluding hydrogens is 254 g/mol. The smallest absolute Gasteiger partial charge is 0.0164 e. The summed E-state index contributed by atoms with van der Waals surface area (Å²) in [6.07, 6.45) is 12.5. The number of allylic oxidation sites excluding steroid dienone is 1. The van der Waals surface area contributed by atoms with Crippen LogP contribution in [0.4, 0.5) is 0 Å². The molecule has 0 spiro atoms. The molecule has 1 aliphatic carbocycles. The molecule has 0 saturated heterocycles. The molecule has 1 aromatic carbocycles. The van der Waals surface area contributed by atoms with Crippen LogP contribution in [0.25, 0.3) is 0 Å². The molecule has 1 unspecified atom stereocenters. The monoisotopic (exact) mass is 285 g/mol. The molecule has 0 radical (unpaired) electrons. The first kappa shape index (κ1) is 16.3. The SMILES string of the molecule is C=CCCCCCC(NCC)C1(c2ccccc2)CCC1. The molecule has 116 valence electrons. The predicted molar refractivity (Wildman–Crippen MR) is 92.7 cm³/mol. The Morgan fingerprint density at radius 1 is 1.19 bits per heavy atom. The van der Waals surface area contributed by atoms with E-state index in [9.17, 15) is 0 Å². The quantitative estimate of drug-likeness (QED) is 0.459. The predicted octanol–water partition coefficient (Wildman–Crippen LogP) is 5.22. The average molecular weight is 285 g/mol. The number of hydrogen-bond donors (Lipinski definition) is 1. The Kier molecular flexibility index (Phi) is 6.50. The van der Waals surface area contributed by atoms with Crippen LogP contribution in [0.1, 0.15) is 63.9 Å². The highest BCUT2D eigenvalue weighted by Crippen LogP contribution is 2.47. The van der Waals surface area contributed by atoms with E-state index in [0.29, 0.717) is 11.5 Å². The molecule has 2 rings (SSSR count). The molecule has 0 heterocycles. The van der Waals surface area contributed by atoms with Gasteiger partial charge in [-0.15, -0.1) is 6.58 Å². The second-order valence-electron chi connectivity index (χ2n) is 6.41. The number of benzene rings is 1. The van der Waals surface area contributed by atoms with Crippen LogP contribution >= 0.6 is 0 Å². The van der Waals surface area contributed by atoms with Gasteiger partial charge in [-0.2, -0.15) is 0 Å². The van der Waals surface area contributed by atoms with E-state index in [1.54, 1.807) is 5.56 Å². The van der Waals surface area contributed by atoms with Crippen molar-refractivity contribution in [1.82, 2.24) is 5.32 Å². The zero-order chi connectivity index (χ0) is 15.0. The fraction of sp³-hybridized carbons (Fsp3) is 0.600. The van der Waals surface area contributed by atoms with E-state index in [4.69, 9.17) is 0 Å². The summed E-state index contributed by atoms with van der Waals surface area (Å²) in [5.74, 6) is 0. The van der Waals surface area contributed by atoms with Crippen LogP contribution in [0.15, 0.2) is 43.0 Å². The molecule has 1 nitrogen and oxygen atoms in total. The topological polar surface area (TPSA) is 12.0 Å². The summed E-state index contributed by atoms with van der Waals surface area (Å²) in [5.41, 5.74) is 1.95. The van der Waals surface area contributed by atoms with E-state index >= 15 is 0 Å². The first-order valence-corrected chi connectivity index (χ1v) is 8.73. The fourth-order valence-electron chi connectivity index (χ4n) is 3.80. The first-order chi connectivity index (χ1) is 10.3. The van der Waals surface area contributed by atoms with Crippen molar-refractivity contribution in [2.45, 2.75) is 69.7 Å². The molecule has 0 amide bonds. The third-order valence-electron chi connectivity index (χ3n) is 5.11. The second kappa shape index (κ2) is 8.38. The molecule has 1 aromatic rings. The van der Waals surface area contributed by atoms with Gasteiger partial charge in [0, 0.05) is 11.5 Å². The summed E-state index contributed by atoms with van der Waals surface area (Å²) < 4.78 is 0. The Morgan fingerprint density at radius 3 is 2.52 bits per heavy atom. The molecule has 21 heavy (non-hydrogen) atoms. The van der Waals surface area contributed by atoms with Crippen molar-refractivity contribution in [3.63, 3.8) is 0 Å². The van der Waals surface area contributed by atoms with Gasteiger partial charge in [0.2, 0.25) is 0 Å². The normalized spacial score (nSPS) is 18.0. The van der Waals surface area contributed by atoms with Crippen LogP contribution in [0.2, 0.25) is 0 Å². The lowest BCUT2D eigenvalue weighted by Crippen LogP contribution is -2.52. The number of unbranched alkanes of at least 4 members (excludes halogenated alkanes) is 3. The van der Waals surface area contributed by atoms with Gasteiger partial charge in [0.25, 0.3) is 0 Å². The van der Waals surface area contributed by atoms with Crippen molar-refractivity contribution in [2.24, 2.45) is 0 Å². The van der Waals surface area contributed by atoms with E-state index in [1.807, 2.05) is 6.08 Å². The van der Waals surface area contributed by atoms with E-state index in [2.05, 4.69) is 49.2 Å². The highest BCUT2D eigenvalue weighted by atomic mass is 14.9. The Labute approximate surface area is 130 Å². The first-order valence-electron chi connectivity index (χ1n) is 8.73. The van der Waals surface area contributed by atoms with Crippen molar-refractivity contribution in [1.29, 1.82) is 0 Å². The van der Waals surface area contributed by atoms with Gasteiger partial charge < -0.3 is 5.32 Å². The standard InChI is InChI=1S/C20H31N/c1-3-5-6-7-11-15-19(21-4-2)20(16-12-17-20)18-13-9-8-10-14-18/h3,8-10,13-14,19,21H,1,4-7,11-12,15-17H2,2H3. The van der Waals surface area contributed by atoms with Crippen LogP contribution < -0.4 is 5.32 Å². The minimum absolute atomic E-state index is 0.399. The van der Waals surface area contributed by atoms with Gasteiger partial charge in [-0.25, -0.2) is 0 Å². The molecule has 0 aromatic heterocycles. The van der Waals surface area contributed by atoms with Crippen LogP contribution in [0.3, 0.4) is 0 Å². The maximum absolute atomic E-state index is 3.81. The van der Waals surface area contributed by atoms with Gasteiger partial charge >= 0.3 is 0 Å². The van der Waals surface area contributed by atoms with Crippen molar-refractivity contribution in [3.8, 4) is 0 Å². The van der Waals surface area contributed by atoms with Crippen LogP contribution in [0.5, 0.6) is 0 Å². The number of hydrogen-bond acceptors (Lipinski definition) is 1. The molecule has 0 aliphatic heterocycles. The van der Waals surface area contributed by atoms with Crippen LogP contribution in [-0.4, -0.2) is 12.6 Å². The molecule has 1 aliphatic rings. The van der Waals surface area contributed by atoms with Crippen LogP contribution in [-0.2, 0) is 5.41 Å². The molecule has 1 N–H and O–H groups in total. The number of nitrogens with one attached hydrogen (secondary N) is 1. The molecule has 1 saturated carbocycles. The lowest BCUT2D eigenvalue weighted by molar-refractivity contribution is 0.160. The van der Waals surface area contributed by atoms with E-state index in [-0.39, 0.29) is 0 Å². The third kappa shape index (κ3) is 3.97. The molecule has 1 fully saturated rings. The summed E-state index contributed by atoms with van der Waals surface area (Å²) in [7, 11) is 0. The van der Waals surface area contributed by atoms with Gasteiger partial charge in [0.05, 0.1) is 0 Å². The van der Waals surface area contributed by atoms with Gasteiger partial charge in [0.15, 0.2) is 0 Å². The number of rotatable bonds is 10. The molecule has 1 atom stereocenters. The van der Waals surface area contributed by atoms with Gasteiger partial charge in [-0.1, -0.05) is 62.6 Å². The van der Waals surface area contributed by atoms with Crippen molar-refractivity contribution >= 4 is 0 Å². The van der Waals surface area contributed by atoms with E-state index < -0.39 is 0 Å². The Balaban J connectivity index is 1.99. The summed E-state index contributed by atoms with van der Waals surface area (Å²) in [6, 6.07) is 11.8. The summed E-state index contributed by atoms with van der Waals surface area (Å²) >= 11 is 0. The zero-order valence-electron chi connectivity index (χ0n) is 13.6. The summed E-state index contributed by atoms with van der Waals surface area (Å²) in [6.45, 7) is 7.13. The highest BCUT2D eigenvalue weighted by Gasteiger charge is 2.44. The molecule has 1 heteroatoms. The van der Waals surface area contributed by atoms with Crippen molar-refractivity contribution in [2.75, 3.05) is 6.54 Å². The average Bonchev–Trinajstić information content (AvgIpc) is 2.47. The highest BCUT2D eigenvalue weighted by molar-refractivity contribution is 5.30. The Hall–Kier alpha value is -1.08. The van der Waals surface area contributed by atoms with Gasteiger partial charge in [-0.3, -0.25) is 0 Å². The lowest BCUT2D eigenvalue weighted by Gasteiger charge is -2.49. The zero-order valence-corrected chi connectivity index (χ0v) is 13.6. The summed E-state index contributed by atoms with van der Waals surface area (Å²) in [5, 5.41) is 3.79. The minimum atomic E-state index is 0.399. The van der Waals surface area contributed by atoms with Gasteiger partial charge in [-0.05, 0) is 44.2 Å². The van der Waals surface area contributed by atoms with Gasteiger partial charge in [0.1, 0.15) is 0 Å². The minimum Gasteiger partial charge on any atom is -0.313 e. The van der Waals surface area contributed by atoms with E-state index in [1.165, 1.54) is 44.9 Å². The number of likely N-dealkylation sites (N-methyl/N-ethyl adjacent to an activating group) is 1.